The number of benzene rings is 1. The fourth-order valence-corrected chi connectivity index (χ4v) is 2.96. The Balaban J connectivity index is 2.09. The Labute approximate surface area is 126 Å². The highest BCUT2D eigenvalue weighted by Gasteiger charge is 2.21. The van der Waals surface area contributed by atoms with E-state index >= 15 is 0 Å². The van der Waals surface area contributed by atoms with Crippen molar-refractivity contribution in [3.63, 3.8) is 0 Å². The molecule has 112 valence electrons. The van der Waals surface area contributed by atoms with Crippen molar-refractivity contribution in [2.75, 3.05) is 6.61 Å². The van der Waals surface area contributed by atoms with Gasteiger partial charge in [0.25, 0.3) is 5.91 Å². The maximum absolute atomic E-state index is 12.4. The number of hydrogen-bond donors (Lipinski definition) is 2. The third-order valence-electron chi connectivity index (χ3n) is 3.92. The van der Waals surface area contributed by atoms with Gasteiger partial charge in [-0.05, 0) is 49.4 Å². The van der Waals surface area contributed by atoms with Crippen LogP contribution in [0, 0.1) is 24.7 Å². The van der Waals surface area contributed by atoms with E-state index in [0.29, 0.717) is 11.5 Å². The van der Waals surface area contributed by atoms with Gasteiger partial charge >= 0.3 is 0 Å². The van der Waals surface area contributed by atoms with Crippen molar-refractivity contribution >= 4 is 5.91 Å². The Morgan fingerprint density at radius 1 is 1.38 bits per heavy atom. The van der Waals surface area contributed by atoms with Crippen molar-refractivity contribution in [3.8, 4) is 11.8 Å². The van der Waals surface area contributed by atoms with Crippen molar-refractivity contribution in [3.05, 3.63) is 34.9 Å². The average Bonchev–Trinajstić information content (AvgIpc) is 2.44. The van der Waals surface area contributed by atoms with Crippen LogP contribution in [0.2, 0.25) is 0 Å². The monoisotopic (exact) mass is 285 g/mol. The molecule has 0 aliphatic heterocycles. The molecule has 3 nitrogen and oxygen atoms in total. The second-order valence-corrected chi connectivity index (χ2v) is 5.99. The lowest BCUT2D eigenvalue weighted by Gasteiger charge is -2.27. The zero-order chi connectivity index (χ0) is 15.2. The van der Waals surface area contributed by atoms with Gasteiger partial charge in [-0.2, -0.15) is 0 Å². The van der Waals surface area contributed by atoms with E-state index in [1.165, 1.54) is 12.8 Å². The first kappa shape index (κ1) is 15.6. The topological polar surface area (TPSA) is 49.3 Å². The van der Waals surface area contributed by atoms with E-state index in [1.54, 1.807) is 6.07 Å². The summed E-state index contributed by atoms with van der Waals surface area (Å²) >= 11 is 0. The molecule has 3 heteroatoms. The highest BCUT2D eigenvalue weighted by atomic mass is 16.2. The first-order valence-electron chi connectivity index (χ1n) is 7.60. The lowest BCUT2D eigenvalue weighted by Crippen LogP contribution is -2.38. The van der Waals surface area contributed by atoms with Crippen LogP contribution in [0.15, 0.2) is 18.2 Å². The second kappa shape index (κ2) is 7.28. The van der Waals surface area contributed by atoms with Crippen LogP contribution in [0.3, 0.4) is 0 Å². The molecule has 1 aromatic carbocycles. The summed E-state index contributed by atoms with van der Waals surface area (Å²) in [6.07, 6.45) is 4.58. The van der Waals surface area contributed by atoms with Crippen molar-refractivity contribution in [1.29, 1.82) is 0 Å². The Bertz CT molecular complexity index is 568. The molecule has 0 radical (unpaired) electrons. The third-order valence-corrected chi connectivity index (χ3v) is 3.92. The quantitative estimate of drug-likeness (QED) is 0.821. The SMILES string of the molecule is Cc1cc(C#CCO)cc(C(=O)NC2CCCC(C)C2)c1. The molecule has 1 amide bonds. The minimum Gasteiger partial charge on any atom is -0.384 e. The van der Waals surface area contributed by atoms with E-state index in [1.807, 2.05) is 19.1 Å². The fraction of sp³-hybridized carbons (Fsp3) is 0.500. The molecule has 0 saturated heterocycles. The zero-order valence-corrected chi connectivity index (χ0v) is 12.8. The van der Waals surface area contributed by atoms with Crippen LogP contribution in [0.25, 0.3) is 0 Å². The van der Waals surface area contributed by atoms with E-state index in [9.17, 15) is 4.79 Å². The predicted molar refractivity (Wildman–Crippen MR) is 84.0 cm³/mol. The average molecular weight is 285 g/mol. The molecule has 1 fully saturated rings. The van der Waals surface area contributed by atoms with E-state index < -0.39 is 0 Å². The van der Waals surface area contributed by atoms with Crippen LogP contribution in [0.1, 0.15) is 54.1 Å². The predicted octanol–water partition coefficient (Wildman–Crippen LogP) is 2.65. The van der Waals surface area contributed by atoms with E-state index in [0.717, 1.165) is 24.0 Å². The fourth-order valence-electron chi connectivity index (χ4n) is 2.96. The number of aryl methyl sites for hydroxylation is 1. The summed E-state index contributed by atoms with van der Waals surface area (Å²) in [6.45, 7) is 4.02. The summed E-state index contributed by atoms with van der Waals surface area (Å²) in [5, 5.41) is 11.9. The van der Waals surface area contributed by atoms with E-state index in [2.05, 4.69) is 24.1 Å². The van der Waals surface area contributed by atoms with Gasteiger partial charge in [0.05, 0.1) is 0 Å². The standard InChI is InChI=1S/C18H23NO2/c1-13-5-3-7-17(11-13)19-18(21)16-10-14(2)9-15(12-16)6-4-8-20/h9-10,12-13,17,20H,3,5,7-8,11H2,1-2H3,(H,19,21). The number of nitrogens with one attached hydrogen (secondary N) is 1. The molecule has 2 N–H and O–H groups in total. The second-order valence-electron chi connectivity index (χ2n) is 5.99. The molecule has 1 aromatic rings. The van der Waals surface area contributed by atoms with Crippen molar-refractivity contribution in [2.45, 2.75) is 45.6 Å². The number of carbonyl (C=O) groups is 1. The van der Waals surface area contributed by atoms with E-state index in [4.69, 9.17) is 5.11 Å². The number of rotatable bonds is 2. The minimum atomic E-state index is -0.171. The number of amides is 1. The molecule has 2 unspecified atom stereocenters. The summed E-state index contributed by atoms with van der Waals surface area (Å²) < 4.78 is 0. The summed E-state index contributed by atoms with van der Waals surface area (Å²) in [4.78, 5) is 12.4. The van der Waals surface area contributed by atoms with Gasteiger partial charge in [-0.15, -0.1) is 0 Å². The van der Waals surface area contributed by atoms with Crippen molar-refractivity contribution < 1.29 is 9.90 Å². The molecule has 0 aromatic heterocycles. The Morgan fingerprint density at radius 3 is 2.90 bits per heavy atom. The van der Waals surface area contributed by atoms with Crippen LogP contribution in [0.5, 0.6) is 0 Å². The third kappa shape index (κ3) is 4.61. The molecule has 2 rings (SSSR count). The maximum atomic E-state index is 12.4. The highest BCUT2D eigenvalue weighted by Crippen LogP contribution is 2.23. The molecule has 2 atom stereocenters. The number of aliphatic hydroxyl groups is 1. The summed E-state index contributed by atoms with van der Waals surface area (Å²) in [5.41, 5.74) is 2.42. The first-order valence-corrected chi connectivity index (χ1v) is 7.60. The summed E-state index contributed by atoms with van der Waals surface area (Å²) in [5.74, 6) is 6.14. The molecular weight excluding hydrogens is 262 g/mol. The molecule has 0 heterocycles. The molecule has 0 spiro atoms. The lowest BCUT2D eigenvalue weighted by atomic mass is 9.87. The molecule has 1 aliphatic carbocycles. The van der Waals surface area contributed by atoms with Crippen LogP contribution in [-0.4, -0.2) is 23.7 Å². The van der Waals surface area contributed by atoms with Gasteiger partial charge in [-0.25, -0.2) is 0 Å². The minimum absolute atomic E-state index is 0.0233. The molecular formula is C18H23NO2. The van der Waals surface area contributed by atoms with Gasteiger partial charge in [-0.3, -0.25) is 4.79 Å². The maximum Gasteiger partial charge on any atom is 0.251 e. The Hall–Kier alpha value is -1.79. The normalized spacial score (nSPS) is 21.3. The van der Waals surface area contributed by atoms with Gasteiger partial charge in [-0.1, -0.05) is 31.6 Å². The molecule has 1 aliphatic rings. The van der Waals surface area contributed by atoms with Crippen LogP contribution in [0.4, 0.5) is 0 Å². The smallest absolute Gasteiger partial charge is 0.251 e. The lowest BCUT2D eigenvalue weighted by molar-refractivity contribution is 0.0921. The van der Waals surface area contributed by atoms with Gasteiger partial charge in [0, 0.05) is 17.2 Å². The van der Waals surface area contributed by atoms with Crippen LogP contribution < -0.4 is 5.32 Å². The molecule has 0 bridgehead atoms. The number of hydrogen-bond acceptors (Lipinski definition) is 2. The van der Waals surface area contributed by atoms with E-state index in [-0.39, 0.29) is 18.6 Å². The van der Waals surface area contributed by atoms with Gasteiger partial charge in [0.15, 0.2) is 0 Å². The highest BCUT2D eigenvalue weighted by molar-refractivity contribution is 5.95. The van der Waals surface area contributed by atoms with Crippen molar-refractivity contribution in [1.82, 2.24) is 5.32 Å². The van der Waals surface area contributed by atoms with Crippen molar-refractivity contribution in [2.24, 2.45) is 5.92 Å². The Morgan fingerprint density at radius 2 is 2.19 bits per heavy atom. The van der Waals surface area contributed by atoms with Gasteiger partial charge in [0.1, 0.15) is 6.61 Å². The summed E-state index contributed by atoms with van der Waals surface area (Å²) in [7, 11) is 0. The van der Waals surface area contributed by atoms with Crippen LogP contribution >= 0.6 is 0 Å². The van der Waals surface area contributed by atoms with Gasteiger partial charge in [0.2, 0.25) is 0 Å². The van der Waals surface area contributed by atoms with Gasteiger partial charge < -0.3 is 10.4 Å². The number of aliphatic hydroxyl groups excluding tert-OH is 1. The largest absolute Gasteiger partial charge is 0.384 e. The van der Waals surface area contributed by atoms with Crippen LogP contribution in [-0.2, 0) is 0 Å². The molecule has 1 saturated carbocycles. The zero-order valence-electron chi connectivity index (χ0n) is 12.8. The molecule has 21 heavy (non-hydrogen) atoms. The first-order chi connectivity index (χ1) is 10.1. The Kier molecular flexibility index (Phi) is 5.41. The number of carbonyl (C=O) groups excluding carboxylic acids is 1. The summed E-state index contributed by atoms with van der Waals surface area (Å²) in [6, 6.07) is 5.87.